The van der Waals surface area contributed by atoms with Gasteiger partial charge in [-0.3, -0.25) is 9.59 Å². The monoisotopic (exact) mass is 347 g/mol. The summed E-state index contributed by atoms with van der Waals surface area (Å²) in [5.41, 5.74) is 2.94. The van der Waals surface area contributed by atoms with Crippen LogP contribution in [0.3, 0.4) is 0 Å². The first-order chi connectivity index (χ1) is 12.6. The van der Waals surface area contributed by atoms with Crippen molar-refractivity contribution in [2.45, 2.75) is 13.3 Å². The van der Waals surface area contributed by atoms with E-state index in [2.05, 4.69) is 15.3 Å². The fourth-order valence-corrected chi connectivity index (χ4v) is 2.96. The molecule has 2 aliphatic rings. The van der Waals surface area contributed by atoms with Crippen LogP contribution in [0.2, 0.25) is 0 Å². The van der Waals surface area contributed by atoms with Crippen LogP contribution in [0.1, 0.15) is 22.1 Å². The number of hydrogen-bond acceptors (Lipinski definition) is 4. The Bertz CT molecular complexity index is 1090. The Morgan fingerprint density at radius 3 is 2.88 bits per heavy atom. The van der Waals surface area contributed by atoms with Gasteiger partial charge in [-0.1, -0.05) is 18.2 Å². The molecular weight excluding hydrogens is 330 g/mol. The average molecular weight is 347 g/mol. The summed E-state index contributed by atoms with van der Waals surface area (Å²) >= 11 is 0. The lowest BCUT2D eigenvalue weighted by molar-refractivity contribution is 0.0949. The third-order valence-corrected chi connectivity index (χ3v) is 4.26. The third kappa shape index (κ3) is 3.09. The van der Waals surface area contributed by atoms with Gasteiger partial charge in [0, 0.05) is 35.5 Å². The molecule has 6 heteroatoms. The van der Waals surface area contributed by atoms with E-state index in [1.165, 1.54) is 12.1 Å². The van der Waals surface area contributed by atoms with Crippen molar-refractivity contribution in [1.82, 2.24) is 15.3 Å². The first-order valence-electron chi connectivity index (χ1n) is 8.36. The second-order valence-electron chi connectivity index (χ2n) is 6.13. The van der Waals surface area contributed by atoms with Crippen LogP contribution in [0.25, 0.3) is 22.2 Å². The molecule has 0 saturated carbocycles. The number of nitrogens with one attached hydrogen (secondary N) is 2. The molecule has 0 fully saturated rings. The maximum Gasteiger partial charge on any atom is 0.267 e. The third-order valence-electron chi connectivity index (χ3n) is 4.26. The van der Waals surface area contributed by atoms with E-state index in [0.717, 1.165) is 22.2 Å². The first kappa shape index (κ1) is 16.1. The molecule has 0 radical (unpaired) electrons. The molecule has 0 atom stereocenters. The smallest absolute Gasteiger partial charge is 0.267 e. The van der Waals surface area contributed by atoms with Crippen molar-refractivity contribution in [3.63, 3.8) is 0 Å². The fourth-order valence-electron chi connectivity index (χ4n) is 2.96. The summed E-state index contributed by atoms with van der Waals surface area (Å²) in [5.74, 6) is 0.819. The number of amides is 1. The fraction of sp³-hybridized carbons (Fsp3) is 0.150. The van der Waals surface area contributed by atoms with Crippen molar-refractivity contribution >= 4 is 16.8 Å². The normalized spacial score (nSPS) is 11.1. The number of nitrogens with zero attached hydrogens (tertiary/aromatic N) is 1. The second-order valence-corrected chi connectivity index (χ2v) is 6.13. The van der Waals surface area contributed by atoms with Gasteiger partial charge in [0.2, 0.25) is 0 Å². The van der Waals surface area contributed by atoms with E-state index < -0.39 is 0 Å². The maximum absolute atomic E-state index is 12.3. The van der Waals surface area contributed by atoms with Gasteiger partial charge < -0.3 is 14.7 Å². The highest BCUT2D eigenvalue weighted by atomic mass is 16.3. The molecule has 0 unspecified atom stereocenters. The molecule has 130 valence electrons. The van der Waals surface area contributed by atoms with Crippen molar-refractivity contribution in [3.8, 4) is 11.3 Å². The van der Waals surface area contributed by atoms with Crippen molar-refractivity contribution in [1.29, 1.82) is 0 Å². The molecule has 0 saturated heterocycles. The van der Waals surface area contributed by atoms with Gasteiger partial charge >= 0.3 is 0 Å². The van der Waals surface area contributed by atoms with Crippen LogP contribution in [0.5, 0.6) is 0 Å². The second kappa shape index (κ2) is 6.48. The number of H-pyrrole nitrogens is 1. The molecular formula is C20H17N3O3. The zero-order valence-corrected chi connectivity index (χ0v) is 14.2. The quantitative estimate of drug-likeness (QED) is 0.594. The van der Waals surface area contributed by atoms with E-state index in [0.29, 0.717) is 30.3 Å². The Morgan fingerprint density at radius 1 is 1.19 bits per heavy atom. The number of aromatic amines is 1. The highest BCUT2D eigenvalue weighted by molar-refractivity contribution is 5.97. The van der Waals surface area contributed by atoms with Gasteiger partial charge in [0.15, 0.2) is 11.3 Å². The lowest BCUT2D eigenvalue weighted by Crippen LogP contribution is -2.26. The van der Waals surface area contributed by atoms with Crippen LogP contribution < -0.4 is 10.7 Å². The zero-order chi connectivity index (χ0) is 18.1. The van der Waals surface area contributed by atoms with E-state index in [-0.39, 0.29) is 11.3 Å². The average Bonchev–Trinajstić information content (AvgIpc) is 3.05. The number of aromatic nitrogens is 2. The molecule has 1 aromatic carbocycles. The van der Waals surface area contributed by atoms with Gasteiger partial charge in [0.1, 0.15) is 11.5 Å². The zero-order valence-electron chi connectivity index (χ0n) is 14.2. The number of carbonyl (C=O) groups is 1. The summed E-state index contributed by atoms with van der Waals surface area (Å²) < 4.78 is 5.69. The number of carbonyl (C=O) groups excluding carboxylic acids is 1. The molecule has 0 spiro atoms. The van der Waals surface area contributed by atoms with Crippen LogP contribution >= 0.6 is 0 Å². The van der Waals surface area contributed by atoms with Crippen molar-refractivity contribution < 1.29 is 9.21 Å². The molecule has 2 aromatic rings. The summed E-state index contributed by atoms with van der Waals surface area (Å²) in [6.45, 7) is 2.25. The lowest BCUT2D eigenvalue weighted by atomic mass is 10.1. The van der Waals surface area contributed by atoms with Crippen molar-refractivity contribution in [3.05, 3.63) is 76.0 Å². The molecule has 2 N–H and O–H groups in total. The topological polar surface area (TPSA) is 88.0 Å². The highest BCUT2D eigenvalue weighted by Gasteiger charge is 2.13. The van der Waals surface area contributed by atoms with Crippen molar-refractivity contribution in [2.75, 3.05) is 6.54 Å². The summed E-state index contributed by atoms with van der Waals surface area (Å²) in [6, 6.07) is 14.2. The molecule has 1 amide bonds. The summed E-state index contributed by atoms with van der Waals surface area (Å²) in [7, 11) is 0. The van der Waals surface area contributed by atoms with Gasteiger partial charge in [0.05, 0.1) is 5.69 Å². The molecule has 1 aliphatic carbocycles. The van der Waals surface area contributed by atoms with Crippen LogP contribution in [-0.4, -0.2) is 22.4 Å². The van der Waals surface area contributed by atoms with Gasteiger partial charge in [-0.25, -0.2) is 4.98 Å². The van der Waals surface area contributed by atoms with Gasteiger partial charge in [-0.05, 0) is 31.2 Å². The van der Waals surface area contributed by atoms with Crippen molar-refractivity contribution in [2.24, 2.45) is 0 Å². The number of hydrogen-bond donors (Lipinski definition) is 2. The number of rotatable bonds is 4. The maximum atomic E-state index is 12.3. The van der Waals surface area contributed by atoms with Crippen LogP contribution in [-0.2, 0) is 6.42 Å². The molecule has 4 rings (SSSR count). The minimum atomic E-state index is -0.180. The Morgan fingerprint density at radius 2 is 2.04 bits per heavy atom. The van der Waals surface area contributed by atoms with Crippen LogP contribution in [0.4, 0.5) is 0 Å². The van der Waals surface area contributed by atoms with Crippen LogP contribution in [0, 0.1) is 6.92 Å². The van der Waals surface area contributed by atoms with E-state index >= 15 is 0 Å². The van der Waals surface area contributed by atoms with Crippen LogP contribution in [0.15, 0.2) is 57.7 Å². The summed E-state index contributed by atoms with van der Waals surface area (Å²) in [4.78, 5) is 31.3. The Labute approximate surface area is 149 Å². The largest absolute Gasteiger partial charge is 0.442 e. The molecule has 1 aromatic heterocycles. The Hall–Kier alpha value is -3.41. The molecule has 2 heterocycles. The molecule has 1 aliphatic heterocycles. The Balaban J connectivity index is 1.46. The molecule has 0 bridgehead atoms. The molecule has 6 nitrogen and oxygen atoms in total. The lowest BCUT2D eigenvalue weighted by Gasteiger charge is -2.10. The van der Waals surface area contributed by atoms with E-state index in [1.807, 2.05) is 37.3 Å². The van der Waals surface area contributed by atoms with E-state index in [1.54, 1.807) is 6.07 Å². The molecule has 26 heavy (non-hydrogen) atoms. The SMILES string of the molecule is Cc1nc(CCNC(=O)c2cc3ccccc3[nH]2)oc2cc(=O)ccc1-2. The standard InChI is InChI=1S/C20H17N3O3/c1-12-15-7-6-14(24)11-18(15)26-19(22-12)8-9-21-20(25)17-10-13-4-2-3-5-16(13)23-17/h2-7,10-11,23H,8-9H2,1H3,(H,21,25). The summed E-state index contributed by atoms with van der Waals surface area (Å²) in [5, 5.41) is 3.85. The van der Waals surface area contributed by atoms with E-state index in [9.17, 15) is 9.59 Å². The van der Waals surface area contributed by atoms with Gasteiger partial charge in [-0.15, -0.1) is 0 Å². The first-order valence-corrected chi connectivity index (χ1v) is 8.36. The minimum Gasteiger partial charge on any atom is -0.442 e. The van der Waals surface area contributed by atoms with Gasteiger partial charge in [-0.2, -0.15) is 0 Å². The predicted molar refractivity (Wildman–Crippen MR) is 98.5 cm³/mol. The highest BCUT2D eigenvalue weighted by Crippen LogP contribution is 2.23. The Kier molecular flexibility index (Phi) is 4.01. The number of fused-ring (bicyclic) bond motifs is 2. The number of benzene rings is 2. The number of aryl methyl sites for hydroxylation is 1. The number of para-hydroxylation sites is 1. The van der Waals surface area contributed by atoms with Gasteiger partial charge in [0.25, 0.3) is 5.91 Å². The predicted octanol–water partition coefficient (Wildman–Crippen LogP) is 2.90. The summed E-state index contributed by atoms with van der Waals surface area (Å²) in [6.07, 6.45) is 0.436. The van der Waals surface area contributed by atoms with E-state index in [4.69, 9.17) is 4.42 Å². The minimum absolute atomic E-state index is 0.107.